The van der Waals surface area contributed by atoms with Crippen molar-refractivity contribution in [2.75, 3.05) is 6.54 Å². The Hall–Kier alpha value is -1.03. The lowest BCUT2D eigenvalue weighted by Gasteiger charge is -2.30. The fourth-order valence-corrected chi connectivity index (χ4v) is 2.49. The summed E-state index contributed by atoms with van der Waals surface area (Å²) in [6.07, 6.45) is 2.72. The fourth-order valence-electron chi connectivity index (χ4n) is 2.35. The second-order valence-electron chi connectivity index (χ2n) is 5.82. The molecule has 0 radical (unpaired) electrons. The van der Waals surface area contributed by atoms with Gasteiger partial charge in [-0.2, -0.15) is 5.10 Å². The van der Waals surface area contributed by atoms with Crippen molar-refractivity contribution in [1.82, 2.24) is 14.7 Å². The van der Waals surface area contributed by atoms with E-state index in [1.54, 1.807) is 6.92 Å². The van der Waals surface area contributed by atoms with E-state index in [9.17, 15) is 4.79 Å². The average Bonchev–Trinajstić information content (AvgIpc) is 2.69. The first-order valence-corrected chi connectivity index (χ1v) is 6.73. The molecule has 2 heterocycles. The van der Waals surface area contributed by atoms with Crippen molar-refractivity contribution in [3.8, 4) is 0 Å². The molecule has 18 heavy (non-hydrogen) atoms. The third kappa shape index (κ3) is 2.39. The molecule has 5 heteroatoms. The van der Waals surface area contributed by atoms with E-state index in [0.717, 1.165) is 18.5 Å². The van der Waals surface area contributed by atoms with E-state index in [4.69, 9.17) is 11.6 Å². The number of carbonyl (C=O) groups excluding carboxylic acids is 1. The van der Waals surface area contributed by atoms with Crippen LogP contribution < -0.4 is 0 Å². The van der Waals surface area contributed by atoms with Gasteiger partial charge in [0.05, 0.1) is 11.7 Å². The summed E-state index contributed by atoms with van der Waals surface area (Å²) in [5, 5.41) is 4.00. The summed E-state index contributed by atoms with van der Waals surface area (Å²) in [6.45, 7) is 9.49. The van der Waals surface area contributed by atoms with Crippen molar-refractivity contribution in [2.24, 2.45) is 0 Å². The van der Waals surface area contributed by atoms with E-state index in [-0.39, 0.29) is 11.4 Å². The van der Waals surface area contributed by atoms with Gasteiger partial charge in [-0.25, -0.2) is 0 Å². The molecule has 0 N–H and O–H groups in total. The first kappa shape index (κ1) is 13.4. The molecule has 0 bridgehead atoms. The quantitative estimate of drug-likeness (QED) is 0.733. The van der Waals surface area contributed by atoms with Crippen LogP contribution in [0.1, 0.15) is 39.0 Å². The Morgan fingerprint density at radius 1 is 1.50 bits per heavy atom. The molecule has 0 saturated carbocycles. The number of rotatable bonds is 1. The van der Waals surface area contributed by atoms with Crippen LogP contribution >= 0.6 is 11.6 Å². The molecule has 1 atom stereocenters. The monoisotopic (exact) mass is 269 g/mol. The van der Waals surface area contributed by atoms with Gasteiger partial charge >= 0.3 is 0 Å². The van der Waals surface area contributed by atoms with Gasteiger partial charge in [0.2, 0.25) is 5.91 Å². The Bertz CT molecular complexity index is 459. The van der Waals surface area contributed by atoms with Crippen LogP contribution in [0.25, 0.3) is 0 Å². The molecule has 1 amide bonds. The van der Waals surface area contributed by atoms with Gasteiger partial charge in [0, 0.05) is 30.8 Å². The molecule has 0 aliphatic carbocycles. The van der Waals surface area contributed by atoms with Crippen LogP contribution in [0.2, 0.25) is 0 Å². The van der Waals surface area contributed by atoms with Crippen LogP contribution in [0.3, 0.4) is 0 Å². The van der Waals surface area contributed by atoms with Crippen molar-refractivity contribution in [3.05, 3.63) is 17.5 Å². The highest BCUT2D eigenvalue weighted by Crippen LogP contribution is 2.24. The number of hydrogen-bond donors (Lipinski definition) is 0. The fraction of sp³-hybridized carbons (Fsp3) is 0.692. The Kier molecular flexibility index (Phi) is 3.41. The van der Waals surface area contributed by atoms with E-state index < -0.39 is 5.38 Å². The van der Waals surface area contributed by atoms with Crippen molar-refractivity contribution in [1.29, 1.82) is 0 Å². The molecule has 2 rings (SSSR count). The Balaban J connectivity index is 2.23. The van der Waals surface area contributed by atoms with Crippen molar-refractivity contribution < 1.29 is 4.79 Å². The SMILES string of the molecule is CC(Cl)C(=O)N1CCc2c(cnn2C(C)(C)C)C1. The van der Waals surface area contributed by atoms with E-state index in [1.807, 2.05) is 11.1 Å². The minimum Gasteiger partial charge on any atom is -0.337 e. The minimum absolute atomic E-state index is 0.00539. The summed E-state index contributed by atoms with van der Waals surface area (Å²) in [7, 11) is 0. The van der Waals surface area contributed by atoms with Crippen LogP contribution in [-0.4, -0.2) is 32.5 Å². The number of aromatic nitrogens is 2. The molecule has 4 nitrogen and oxygen atoms in total. The first-order valence-electron chi connectivity index (χ1n) is 6.30. The van der Waals surface area contributed by atoms with Gasteiger partial charge in [-0.1, -0.05) is 0 Å². The van der Waals surface area contributed by atoms with Crippen molar-refractivity contribution in [2.45, 2.75) is 51.6 Å². The summed E-state index contributed by atoms with van der Waals surface area (Å²) in [4.78, 5) is 13.7. The van der Waals surface area contributed by atoms with E-state index >= 15 is 0 Å². The summed E-state index contributed by atoms with van der Waals surface area (Å²) in [5.41, 5.74) is 2.37. The zero-order valence-electron chi connectivity index (χ0n) is 11.4. The van der Waals surface area contributed by atoms with E-state index in [0.29, 0.717) is 6.54 Å². The molecular weight excluding hydrogens is 250 g/mol. The maximum absolute atomic E-state index is 11.9. The average molecular weight is 270 g/mol. The van der Waals surface area contributed by atoms with Gasteiger partial charge in [0.15, 0.2) is 0 Å². The van der Waals surface area contributed by atoms with Gasteiger partial charge in [-0.05, 0) is 27.7 Å². The number of nitrogens with zero attached hydrogens (tertiary/aromatic N) is 3. The maximum atomic E-state index is 11.9. The predicted molar refractivity (Wildman–Crippen MR) is 71.7 cm³/mol. The van der Waals surface area contributed by atoms with Gasteiger partial charge in [0.1, 0.15) is 5.38 Å². The zero-order chi connectivity index (χ0) is 13.5. The lowest BCUT2D eigenvalue weighted by atomic mass is 10.0. The van der Waals surface area contributed by atoms with Gasteiger partial charge in [0.25, 0.3) is 0 Å². The second-order valence-corrected chi connectivity index (χ2v) is 6.48. The van der Waals surface area contributed by atoms with E-state index in [1.165, 1.54) is 5.69 Å². The van der Waals surface area contributed by atoms with Gasteiger partial charge < -0.3 is 4.90 Å². The first-order chi connectivity index (χ1) is 8.30. The molecule has 1 aromatic heterocycles. The number of halogens is 1. The molecule has 1 aliphatic rings. The molecule has 0 fully saturated rings. The van der Waals surface area contributed by atoms with Crippen molar-refractivity contribution in [3.63, 3.8) is 0 Å². The zero-order valence-corrected chi connectivity index (χ0v) is 12.2. The number of hydrogen-bond acceptors (Lipinski definition) is 2. The maximum Gasteiger partial charge on any atom is 0.240 e. The van der Waals surface area contributed by atoms with E-state index in [2.05, 4.69) is 30.6 Å². The Morgan fingerprint density at radius 2 is 2.17 bits per heavy atom. The summed E-state index contributed by atoms with van der Waals surface area (Å²) >= 11 is 5.85. The standard InChI is InChI=1S/C13H20ClN3O/c1-9(14)12(18)16-6-5-11-10(8-16)7-15-17(11)13(2,3)4/h7,9H,5-6,8H2,1-4H3. The molecule has 0 saturated heterocycles. The normalized spacial score (nSPS) is 17.5. The van der Waals surface area contributed by atoms with Crippen LogP contribution in [0.4, 0.5) is 0 Å². The summed E-state index contributed by atoms with van der Waals surface area (Å²) in [5.74, 6) is 0.00539. The molecule has 1 aromatic rings. The lowest BCUT2D eigenvalue weighted by Crippen LogP contribution is -2.40. The summed E-state index contributed by atoms with van der Waals surface area (Å²) < 4.78 is 2.06. The second kappa shape index (κ2) is 4.57. The third-order valence-corrected chi connectivity index (χ3v) is 3.41. The lowest BCUT2D eigenvalue weighted by molar-refractivity contribution is -0.131. The number of alkyl halides is 1. The molecular formula is C13H20ClN3O. The Morgan fingerprint density at radius 3 is 2.72 bits per heavy atom. The third-order valence-electron chi connectivity index (χ3n) is 3.22. The van der Waals surface area contributed by atoms with Crippen LogP contribution in [0, 0.1) is 0 Å². The molecule has 0 spiro atoms. The topological polar surface area (TPSA) is 38.1 Å². The number of carbonyl (C=O) groups is 1. The Labute approximate surface area is 113 Å². The van der Waals surface area contributed by atoms with Gasteiger partial charge in [-0.15, -0.1) is 11.6 Å². The highest BCUT2D eigenvalue weighted by atomic mass is 35.5. The van der Waals surface area contributed by atoms with Crippen LogP contribution in [-0.2, 0) is 23.3 Å². The van der Waals surface area contributed by atoms with Crippen LogP contribution in [0.5, 0.6) is 0 Å². The molecule has 1 aliphatic heterocycles. The predicted octanol–water partition coefficient (Wildman–Crippen LogP) is 2.15. The van der Waals surface area contributed by atoms with Crippen molar-refractivity contribution >= 4 is 17.5 Å². The van der Waals surface area contributed by atoms with Crippen LogP contribution in [0.15, 0.2) is 6.20 Å². The highest BCUT2D eigenvalue weighted by molar-refractivity contribution is 6.30. The highest BCUT2D eigenvalue weighted by Gasteiger charge is 2.28. The molecule has 0 aromatic carbocycles. The minimum atomic E-state index is -0.454. The smallest absolute Gasteiger partial charge is 0.240 e. The molecule has 100 valence electrons. The summed E-state index contributed by atoms with van der Waals surface area (Å²) in [6, 6.07) is 0. The number of amides is 1. The molecule has 1 unspecified atom stereocenters. The van der Waals surface area contributed by atoms with Gasteiger partial charge in [-0.3, -0.25) is 9.48 Å². The number of fused-ring (bicyclic) bond motifs is 1. The largest absolute Gasteiger partial charge is 0.337 e.